The fraction of sp³-hybridized carbons (Fsp3) is 0.375. The van der Waals surface area contributed by atoms with Crippen LogP contribution in [0.3, 0.4) is 0 Å². The molecule has 1 aliphatic rings. The van der Waals surface area contributed by atoms with Gasteiger partial charge in [0.2, 0.25) is 0 Å². The van der Waals surface area contributed by atoms with E-state index in [1.807, 2.05) is 0 Å². The lowest BCUT2D eigenvalue weighted by Crippen LogP contribution is -2.29. The minimum absolute atomic E-state index is 0. The molecule has 4 rings (SSSR count). The molecule has 0 aliphatic carbocycles. The van der Waals surface area contributed by atoms with Crippen molar-refractivity contribution >= 4 is 35.1 Å². The normalized spacial score (nSPS) is 15.4. The van der Waals surface area contributed by atoms with Crippen molar-refractivity contribution in [3.8, 4) is 0 Å². The number of nitrogens with one attached hydrogen (secondary N) is 2. The SMILES string of the molecule is Cl.O=C(Nc1ccc2oc(C(F)(F)F)nc2c1)c1cn(C2CCNCC2)nn1. The van der Waals surface area contributed by atoms with Gasteiger partial charge in [-0.05, 0) is 44.1 Å². The van der Waals surface area contributed by atoms with Crippen LogP contribution < -0.4 is 10.6 Å². The standard InChI is InChI=1S/C16H15F3N6O2.ClH/c17-16(18,19)15-22-11-7-9(1-2-13(11)27-15)21-14(26)12-8-25(24-23-12)10-3-5-20-6-4-10;/h1-2,7-8,10,20H,3-6H2,(H,21,26);1H. The minimum atomic E-state index is -4.67. The molecule has 2 aromatic heterocycles. The highest BCUT2D eigenvalue weighted by atomic mass is 35.5. The molecule has 150 valence electrons. The van der Waals surface area contributed by atoms with E-state index in [1.54, 1.807) is 10.9 Å². The molecule has 8 nitrogen and oxygen atoms in total. The zero-order valence-electron chi connectivity index (χ0n) is 14.4. The molecule has 1 amide bonds. The van der Waals surface area contributed by atoms with Crippen LogP contribution in [-0.4, -0.2) is 39.0 Å². The summed E-state index contributed by atoms with van der Waals surface area (Å²) < 4.78 is 44.3. The second-order valence-corrected chi connectivity index (χ2v) is 6.22. The summed E-state index contributed by atoms with van der Waals surface area (Å²) >= 11 is 0. The molecule has 28 heavy (non-hydrogen) atoms. The van der Waals surface area contributed by atoms with E-state index in [9.17, 15) is 18.0 Å². The smallest absolute Gasteiger partial charge is 0.433 e. The van der Waals surface area contributed by atoms with Gasteiger partial charge < -0.3 is 15.1 Å². The van der Waals surface area contributed by atoms with E-state index in [0.29, 0.717) is 0 Å². The van der Waals surface area contributed by atoms with Gasteiger partial charge in [-0.2, -0.15) is 13.2 Å². The highest BCUT2D eigenvalue weighted by Gasteiger charge is 2.37. The summed E-state index contributed by atoms with van der Waals surface area (Å²) in [7, 11) is 0. The van der Waals surface area contributed by atoms with Crippen LogP contribution in [0.5, 0.6) is 0 Å². The van der Waals surface area contributed by atoms with Crippen LogP contribution in [0.2, 0.25) is 0 Å². The molecule has 12 heteroatoms. The van der Waals surface area contributed by atoms with Gasteiger partial charge in [0.05, 0.1) is 12.2 Å². The van der Waals surface area contributed by atoms with Crippen LogP contribution in [0.25, 0.3) is 11.1 Å². The molecule has 2 N–H and O–H groups in total. The second kappa shape index (κ2) is 7.76. The molecule has 3 heterocycles. The van der Waals surface area contributed by atoms with E-state index < -0.39 is 18.0 Å². The van der Waals surface area contributed by atoms with Gasteiger partial charge in [-0.1, -0.05) is 5.21 Å². The number of amides is 1. The molecule has 0 radical (unpaired) electrons. The Bertz CT molecular complexity index is 980. The van der Waals surface area contributed by atoms with E-state index in [-0.39, 0.29) is 40.9 Å². The summed E-state index contributed by atoms with van der Waals surface area (Å²) in [6.45, 7) is 1.76. The van der Waals surface area contributed by atoms with Crippen LogP contribution in [0.1, 0.15) is 35.3 Å². The van der Waals surface area contributed by atoms with E-state index >= 15 is 0 Å². The molecule has 0 saturated carbocycles. The highest BCUT2D eigenvalue weighted by Crippen LogP contribution is 2.31. The Morgan fingerprint density at radius 3 is 2.75 bits per heavy atom. The Balaban J connectivity index is 0.00000225. The van der Waals surface area contributed by atoms with Crippen molar-refractivity contribution in [2.24, 2.45) is 0 Å². The molecular weight excluding hydrogens is 401 g/mol. The Hall–Kier alpha value is -2.66. The number of nitrogens with zero attached hydrogens (tertiary/aromatic N) is 4. The Labute approximate surface area is 162 Å². The van der Waals surface area contributed by atoms with E-state index in [2.05, 4.69) is 30.3 Å². The number of hydrogen-bond donors (Lipinski definition) is 2. The van der Waals surface area contributed by atoms with Crippen LogP contribution in [-0.2, 0) is 6.18 Å². The van der Waals surface area contributed by atoms with Gasteiger partial charge in [0.1, 0.15) is 5.52 Å². The van der Waals surface area contributed by atoms with E-state index in [0.717, 1.165) is 25.9 Å². The van der Waals surface area contributed by atoms with Crippen LogP contribution in [0.15, 0.2) is 28.8 Å². The van der Waals surface area contributed by atoms with Gasteiger partial charge in [0, 0.05) is 5.69 Å². The molecule has 1 aromatic carbocycles. The number of halogens is 4. The molecule has 1 aliphatic heterocycles. The summed E-state index contributed by atoms with van der Waals surface area (Å²) in [6.07, 6.45) is -1.30. The first-order valence-electron chi connectivity index (χ1n) is 8.32. The Morgan fingerprint density at radius 2 is 2.04 bits per heavy atom. The number of piperidine rings is 1. The number of alkyl halides is 3. The second-order valence-electron chi connectivity index (χ2n) is 6.22. The lowest BCUT2D eigenvalue weighted by Gasteiger charge is -2.22. The first-order chi connectivity index (χ1) is 12.9. The third-order valence-electron chi connectivity index (χ3n) is 4.31. The largest absolute Gasteiger partial charge is 0.468 e. The van der Waals surface area contributed by atoms with Crippen molar-refractivity contribution in [3.05, 3.63) is 36.0 Å². The van der Waals surface area contributed by atoms with Crippen LogP contribution >= 0.6 is 12.4 Å². The van der Waals surface area contributed by atoms with Gasteiger partial charge in [0.25, 0.3) is 5.91 Å². The average molecular weight is 417 g/mol. The molecule has 0 spiro atoms. The van der Waals surface area contributed by atoms with E-state index in [4.69, 9.17) is 0 Å². The van der Waals surface area contributed by atoms with Crippen LogP contribution in [0.4, 0.5) is 18.9 Å². The van der Waals surface area contributed by atoms with E-state index in [1.165, 1.54) is 18.2 Å². The summed E-state index contributed by atoms with van der Waals surface area (Å²) in [5.41, 5.74) is 0.395. The number of hydrogen-bond acceptors (Lipinski definition) is 6. The molecule has 1 fully saturated rings. The lowest BCUT2D eigenvalue weighted by molar-refractivity contribution is -0.156. The maximum absolute atomic E-state index is 12.7. The van der Waals surface area contributed by atoms with Crippen molar-refractivity contribution in [2.45, 2.75) is 25.1 Å². The number of aromatic nitrogens is 4. The van der Waals surface area contributed by atoms with Gasteiger partial charge in [0.15, 0.2) is 11.3 Å². The third kappa shape index (κ3) is 4.09. The van der Waals surface area contributed by atoms with Gasteiger partial charge in [-0.15, -0.1) is 17.5 Å². The van der Waals surface area contributed by atoms with Gasteiger partial charge in [-0.25, -0.2) is 9.67 Å². The van der Waals surface area contributed by atoms with Crippen LogP contribution in [0, 0.1) is 0 Å². The maximum Gasteiger partial charge on any atom is 0.468 e. The number of anilines is 1. The summed E-state index contributed by atoms with van der Waals surface area (Å²) in [5.74, 6) is -1.83. The van der Waals surface area contributed by atoms with Crippen molar-refractivity contribution in [2.75, 3.05) is 18.4 Å². The third-order valence-corrected chi connectivity index (χ3v) is 4.31. The zero-order valence-corrected chi connectivity index (χ0v) is 15.2. The highest BCUT2D eigenvalue weighted by molar-refractivity contribution is 6.03. The maximum atomic E-state index is 12.7. The number of carbonyl (C=O) groups is 1. The summed E-state index contributed by atoms with van der Waals surface area (Å²) in [5, 5.41) is 13.7. The van der Waals surface area contributed by atoms with Crippen molar-refractivity contribution in [3.63, 3.8) is 0 Å². The average Bonchev–Trinajstić information content (AvgIpc) is 3.29. The Kier molecular flexibility index (Phi) is 5.57. The summed E-state index contributed by atoms with van der Waals surface area (Å²) in [6, 6.07) is 4.25. The molecule has 0 atom stereocenters. The number of oxazole rings is 1. The zero-order chi connectivity index (χ0) is 19.0. The minimum Gasteiger partial charge on any atom is -0.433 e. The quantitative estimate of drug-likeness (QED) is 0.681. The predicted molar refractivity (Wildman–Crippen MR) is 95.4 cm³/mol. The number of benzene rings is 1. The predicted octanol–water partition coefficient (Wildman–Crippen LogP) is 3.04. The lowest BCUT2D eigenvalue weighted by atomic mass is 10.1. The Morgan fingerprint density at radius 1 is 1.29 bits per heavy atom. The molecule has 0 bridgehead atoms. The van der Waals surface area contributed by atoms with Crippen molar-refractivity contribution in [1.29, 1.82) is 0 Å². The molecule has 1 saturated heterocycles. The molecular formula is C16H16ClF3N6O2. The summed E-state index contributed by atoms with van der Waals surface area (Å²) in [4.78, 5) is 15.8. The van der Waals surface area contributed by atoms with Gasteiger partial charge in [-0.3, -0.25) is 4.79 Å². The topological polar surface area (TPSA) is 97.9 Å². The van der Waals surface area contributed by atoms with Crippen molar-refractivity contribution in [1.82, 2.24) is 25.3 Å². The fourth-order valence-corrected chi connectivity index (χ4v) is 2.95. The molecule has 3 aromatic rings. The molecule has 0 unspecified atom stereocenters. The number of fused-ring (bicyclic) bond motifs is 1. The number of rotatable bonds is 3. The van der Waals surface area contributed by atoms with Gasteiger partial charge >= 0.3 is 12.1 Å². The first-order valence-corrected chi connectivity index (χ1v) is 8.32. The van der Waals surface area contributed by atoms with Crippen molar-refractivity contribution < 1.29 is 22.4 Å². The fourth-order valence-electron chi connectivity index (χ4n) is 2.95. The first kappa shape index (κ1) is 20.1. The monoisotopic (exact) mass is 416 g/mol. The number of carbonyl (C=O) groups excluding carboxylic acids is 1.